The maximum absolute atomic E-state index is 12.4. The van der Waals surface area contributed by atoms with E-state index in [1.165, 1.54) is 6.33 Å². The van der Waals surface area contributed by atoms with Gasteiger partial charge in [0, 0.05) is 13.0 Å². The quantitative estimate of drug-likeness (QED) is 0.764. The Hall–Kier alpha value is -2.51. The van der Waals surface area contributed by atoms with Crippen LogP contribution in [0.25, 0.3) is 0 Å². The lowest BCUT2D eigenvalue weighted by Crippen LogP contribution is -2.29. The van der Waals surface area contributed by atoms with Crippen LogP contribution in [0.15, 0.2) is 12.5 Å². The monoisotopic (exact) mass is 289 g/mol. The van der Waals surface area contributed by atoms with Gasteiger partial charge in [-0.25, -0.2) is 15.0 Å². The van der Waals surface area contributed by atoms with Gasteiger partial charge < -0.3 is 10.6 Å². The first kappa shape index (κ1) is 14.9. The zero-order valence-corrected chi connectivity index (χ0v) is 12.5. The number of rotatable bonds is 5. The Bertz CT molecular complexity index is 609. The second-order valence-corrected chi connectivity index (χ2v) is 4.96. The smallest absolute Gasteiger partial charge is 0.272 e. The first-order valence-electron chi connectivity index (χ1n) is 6.73. The summed E-state index contributed by atoms with van der Waals surface area (Å²) in [6.07, 6.45) is 3.02. The van der Waals surface area contributed by atoms with Gasteiger partial charge in [0.05, 0.1) is 17.9 Å². The van der Waals surface area contributed by atoms with E-state index in [-0.39, 0.29) is 17.9 Å². The maximum atomic E-state index is 12.4. The first-order chi connectivity index (χ1) is 10.0. The van der Waals surface area contributed by atoms with Crippen molar-refractivity contribution in [1.82, 2.24) is 30.5 Å². The minimum atomic E-state index is -0.290. The van der Waals surface area contributed by atoms with E-state index >= 15 is 0 Å². The Morgan fingerprint density at radius 2 is 2.05 bits per heavy atom. The molecule has 0 saturated heterocycles. The van der Waals surface area contributed by atoms with Gasteiger partial charge in [-0.15, -0.1) is 0 Å². The molecule has 0 radical (unpaired) electrons. The standard InChI is InChI=1S/C13H19N7O/c1-7(2)11-15-5-9(14-4)10(19-11)13(21)18-8(3)12-16-6-17-20-12/h5-8,14H,1-4H3,(H,18,21)(H,16,17,20). The van der Waals surface area contributed by atoms with Gasteiger partial charge in [0.25, 0.3) is 5.91 Å². The summed E-state index contributed by atoms with van der Waals surface area (Å²) in [5, 5.41) is 12.3. The molecule has 1 atom stereocenters. The summed E-state index contributed by atoms with van der Waals surface area (Å²) in [5.41, 5.74) is 0.907. The van der Waals surface area contributed by atoms with Crippen LogP contribution in [-0.4, -0.2) is 38.1 Å². The third-order valence-electron chi connectivity index (χ3n) is 3.00. The van der Waals surface area contributed by atoms with Crippen molar-refractivity contribution in [3.63, 3.8) is 0 Å². The van der Waals surface area contributed by atoms with Crippen LogP contribution in [0.1, 0.15) is 54.9 Å². The van der Waals surface area contributed by atoms with E-state index < -0.39 is 0 Å². The molecular weight excluding hydrogens is 270 g/mol. The molecule has 8 heteroatoms. The highest BCUT2D eigenvalue weighted by Crippen LogP contribution is 2.17. The average Bonchev–Trinajstić information content (AvgIpc) is 3.00. The Morgan fingerprint density at radius 3 is 2.62 bits per heavy atom. The minimum absolute atomic E-state index is 0.147. The fourth-order valence-electron chi connectivity index (χ4n) is 1.79. The van der Waals surface area contributed by atoms with Gasteiger partial charge in [-0.1, -0.05) is 13.8 Å². The second-order valence-electron chi connectivity index (χ2n) is 4.96. The van der Waals surface area contributed by atoms with Crippen molar-refractivity contribution in [1.29, 1.82) is 0 Å². The normalized spacial score (nSPS) is 12.2. The van der Waals surface area contributed by atoms with Crippen molar-refractivity contribution in [2.24, 2.45) is 0 Å². The number of anilines is 1. The van der Waals surface area contributed by atoms with E-state index in [4.69, 9.17) is 0 Å². The highest BCUT2D eigenvalue weighted by molar-refractivity contribution is 5.97. The molecule has 0 aliphatic heterocycles. The van der Waals surface area contributed by atoms with Crippen LogP contribution in [0.2, 0.25) is 0 Å². The van der Waals surface area contributed by atoms with Gasteiger partial charge in [-0.05, 0) is 6.92 Å². The molecule has 0 saturated carbocycles. The third kappa shape index (κ3) is 3.33. The van der Waals surface area contributed by atoms with Crippen molar-refractivity contribution < 1.29 is 4.79 Å². The number of H-pyrrole nitrogens is 1. The van der Waals surface area contributed by atoms with E-state index in [9.17, 15) is 4.79 Å². The summed E-state index contributed by atoms with van der Waals surface area (Å²) in [7, 11) is 1.73. The van der Waals surface area contributed by atoms with Gasteiger partial charge in [0.15, 0.2) is 5.69 Å². The molecule has 0 aliphatic rings. The molecule has 2 rings (SSSR count). The number of hydrogen-bond acceptors (Lipinski definition) is 6. The van der Waals surface area contributed by atoms with Crippen LogP contribution < -0.4 is 10.6 Å². The Balaban J connectivity index is 2.23. The molecule has 112 valence electrons. The van der Waals surface area contributed by atoms with Crippen molar-refractivity contribution in [2.75, 3.05) is 12.4 Å². The molecule has 8 nitrogen and oxygen atoms in total. The number of carbonyl (C=O) groups excluding carboxylic acids is 1. The molecule has 2 aromatic heterocycles. The van der Waals surface area contributed by atoms with Crippen LogP contribution in [0.4, 0.5) is 5.69 Å². The molecule has 0 bridgehead atoms. The highest BCUT2D eigenvalue weighted by atomic mass is 16.2. The molecule has 0 aliphatic carbocycles. The second kappa shape index (κ2) is 6.29. The van der Waals surface area contributed by atoms with Crippen molar-refractivity contribution in [3.05, 3.63) is 29.9 Å². The topological polar surface area (TPSA) is 108 Å². The van der Waals surface area contributed by atoms with Crippen LogP contribution in [-0.2, 0) is 0 Å². The SMILES string of the molecule is CNc1cnc(C(C)C)nc1C(=O)NC(C)c1ncn[nH]1. The van der Waals surface area contributed by atoms with E-state index in [1.807, 2.05) is 20.8 Å². The molecule has 2 aromatic rings. The first-order valence-corrected chi connectivity index (χ1v) is 6.73. The average molecular weight is 289 g/mol. The lowest BCUT2D eigenvalue weighted by atomic mass is 10.2. The predicted molar refractivity (Wildman–Crippen MR) is 77.9 cm³/mol. The van der Waals surface area contributed by atoms with Gasteiger partial charge in [0.2, 0.25) is 0 Å². The van der Waals surface area contributed by atoms with Crippen molar-refractivity contribution >= 4 is 11.6 Å². The van der Waals surface area contributed by atoms with E-state index in [0.717, 1.165) is 0 Å². The highest BCUT2D eigenvalue weighted by Gasteiger charge is 2.19. The number of carbonyl (C=O) groups is 1. The fourth-order valence-corrected chi connectivity index (χ4v) is 1.79. The van der Waals surface area contributed by atoms with Crippen LogP contribution in [0.5, 0.6) is 0 Å². The molecule has 3 N–H and O–H groups in total. The zero-order valence-electron chi connectivity index (χ0n) is 12.5. The number of amides is 1. The Morgan fingerprint density at radius 1 is 1.29 bits per heavy atom. The lowest BCUT2D eigenvalue weighted by molar-refractivity contribution is 0.0933. The maximum Gasteiger partial charge on any atom is 0.272 e. The van der Waals surface area contributed by atoms with Gasteiger partial charge in [0.1, 0.15) is 18.0 Å². The van der Waals surface area contributed by atoms with E-state index in [2.05, 4.69) is 35.8 Å². The lowest BCUT2D eigenvalue weighted by Gasteiger charge is -2.14. The molecular formula is C13H19N7O. The molecule has 1 amide bonds. The molecule has 1 unspecified atom stereocenters. The summed E-state index contributed by atoms with van der Waals surface area (Å²) in [6, 6.07) is -0.290. The van der Waals surface area contributed by atoms with Crippen molar-refractivity contribution in [3.8, 4) is 0 Å². The predicted octanol–water partition coefficient (Wildman–Crippen LogP) is 1.25. The Kier molecular flexibility index (Phi) is 4.46. The minimum Gasteiger partial charge on any atom is -0.385 e. The zero-order chi connectivity index (χ0) is 15.4. The summed E-state index contributed by atoms with van der Waals surface area (Å²) < 4.78 is 0. The summed E-state index contributed by atoms with van der Waals surface area (Å²) in [4.78, 5) is 25.0. The van der Waals surface area contributed by atoms with E-state index in [0.29, 0.717) is 23.0 Å². The molecule has 0 fully saturated rings. The van der Waals surface area contributed by atoms with E-state index in [1.54, 1.807) is 13.2 Å². The van der Waals surface area contributed by atoms with Crippen LogP contribution in [0.3, 0.4) is 0 Å². The summed E-state index contributed by atoms with van der Waals surface area (Å²) >= 11 is 0. The summed E-state index contributed by atoms with van der Waals surface area (Å²) in [6.45, 7) is 5.78. The van der Waals surface area contributed by atoms with Crippen molar-refractivity contribution in [2.45, 2.75) is 32.7 Å². The number of aromatic nitrogens is 5. The largest absolute Gasteiger partial charge is 0.385 e. The van der Waals surface area contributed by atoms with Crippen LogP contribution in [0, 0.1) is 0 Å². The molecule has 0 aromatic carbocycles. The number of nitrogens with zero attached hydrogens (tertiary/aromatic N) is 4. The fraction of sp³-hybridized carbons (Fsp3) is 0.462. The van der Waals surface area contributed by atoms with Crippen LogP contribution >= 0.6 is 0 Å². The van der Waals surface area contributed by atoms with Gasteiger partial charge in [-0.3, -0.25) is 9.89 Å². The number of hydrogen-bond donors (Lipinski definition) is 3. The van der Waals surface area contributed by atoms with Gasteiger partial charge in [-0.2, -0.15) is 5.10 Å². The summed E-state index contributed by atoms with van der Waals surface area (Å²) in [5.74, 6) is 1.08. The molecule has 0 spiro atoms. The molecule has 2 heterocycles. The molecule has 21 heavy (non-hydrogen) atoms. The number of aromatic amines is 1. The Labute approximate surface area is 122 Å². The van der Waals surface area contributed by atoms with Gasteiger partial charge >= 0.3 is 0 Å². The number of nitrogens with one attached hydrogen (secondary N) is 3. The third-order valence-corrected chi connectivity index (χ3v) is 3.00.